The van der Waals surface area contributed by atoms with Crippen molar-refractivity contribution < 1.29 is 14.3 Å². The largest absolute Gasteiger partial charge is 0.493 e. The van der Waals surface area contributed by atoms with E-state index in [9.17, 15) is 4.79 Å². The predicted octanol–water partition coefficient (Wildman–Crippen LogP) is 4.27. The Kier molecular flexibility index (Phi) is 6.71. The molecule has 0 aliphatic rings. The number of nitrogens with two attached hydrogens (primary N) is 1. The number of hydrazone groups is 1. The Morgan fingerprint density at radius 2 is 1.93 bits per heavy atom. The van der Waals surface area contributed by atoms with Gasteiger partial charge in [-0.15, -0.1) is 0 Å². The average Bonchev–Trinajstić information content (AvgIpc) is 2.72. The molecule has 0 spiro atoms. The number of benzene rings is 3. The van der Waals surface area contributed by atoms with Gasteiger partial charge in [0.2, 0.25) is 0 Å². The van der Waals surface area contributed by atoms with Crippen molar-refractivity contribution in [2.75, 3.05) is 12.8 Å². The zero-order chi connectivity index (χ0) is 20.6. The van der Waals surface area contributed by atoms with Crippen LogP contribution in [0.1, 0.15) is 21.5 Å². The smallest absolute Gasteiger partial charge is 0.271 e. The highest BCUT2D eigenvalue weighted by atomic mass is 35.5. The Labute approximate surface area is 173 Å². The number of carbonyl (C=O) groups excluding carboxylic acids is 1. The fourth-order valence-electron chi connectivity index (χ4n) is 2.58. The first-order valence-electron chi connectivity index (χ1n) is 8.79. The molecule has 0 bridgehead atoms. The third-order valence-electron chi connectivity index (χ3n) is 4.00. The van der Waals surface area contributed by atoms with Crippen LogP contribution < -0.4 is 20.6 Å². The van der Waals surface area contributed by atoms with Gasteiger partial charge in [-0.05, 0) is 59.7 Å². The maximum absolute atomic E-state index is 12.1. The van der Waals surface area contributed by atoms with Gasteiger partial charge in [0.05, 0.1) is 13.3 Å². The van der Waals surface area contributed by atoms with Gasteiger partial charge in [0.1, 0.15) is 6.61 Å². The van der Waals surface area contributed by atoms with Crippen molar-refractivity contribution in [3.8, 4) is 11.5 Å². The number of carbonyl (C=O) groups is 1. The molecule has 1 amide bonds. The number of hydrogen-bond acceptors (Lipinski definition) is 5. The number of hydrogen-bond donors (Lipinski definition) is 2. The molecular formula is C22H20ClN3O3. The number of amides is 1. The summed E-state index contributed by atoms with van der Waals surface area (Å²) in [5.74, 6) is 0.800. The lowest BCUT2D eigenvalue weighted by Crippen LogP contribution is -2.17. The zero-order valence-electron chi connectivity index (χ0n) is 15.8. The molecule has 0 fully saturated rings. The summed E-state index contributed by atoms with van der Waals surface area (Å²) in [5.41, 5.74) is 10.8. The Morgan fingerprint density at radius 3 is 2.69 bits per heavy atom. The van der Waals surface area contributed by atoms with Crippen LogP contribution in [0.5, 0.6) is 11.5 Å². The Balaban J connectivity index is 1.63. The van der Waals surface area contributed by atoms with Crippen molar-refractivity contribution in [2.45, 2.75) is 6.61 Å². The van der Waals surface area contributed by atoms with E-state index < -0.39 is 0 Å². The van der Waals surface area contributed by atoms with Crippen LogP contribution >= 0.6 is 11.6 Å². The number of nitrogens with zero attached hydrogens (tertiary/aromatic N) is 1. The molecule has 29 heavy (non-hydrogen) atoms. The zero-order valence-corrected chi connectivity index (χ0v) is 16.5. The van der Waals surface area contributed by atoms with Gasteiger partial charge >= 0.3 is 0 Å². The maximum atomic E-state index is 12.1. The van der Waals surface area contributed by atoms with E-state index in [0.29, 0.717) is 34.4 Å². The molecule has 6 nitrogen and oxygen atoms in total. The molecule has 0 unspecified atom stereocenters. The van der Waals surface area contributed by atoms with Gasteiger partial charge in [0, 0.05) is 16.3 Å². The predicted molar refractivity (Wildman–Crippen MR) is 115 cm³/mol. The van der Waals surface area contributed by atoms with Crippen molar-refractivity contribution in [3.05, 3.63) is 88.4 Å². The molecule has 7 heteroatoms. The van der Waals surface area contributed by atoms with Crippen LogP contribution in [-0.4, -0.2) is 19.2 Å². The number of methoxy groups -OCH3 is 1. The van der Waals surface area contributed by atoms with Crippen LogP contribution in [0.2, 0.25) is 5.02 Å². The molecule has 0 saturated heterocycles. The van der Waals surface area contributed by atoms with Crippen LogP contribution in [0, 0.1) is 0 Å². The first-order chi connectivity index (χ1) is 14.0. The summed E-state index contributed by atoms with van der Waals surface area (Å²) in [4.78, 5) is 12.1. The first-order valence-corrected chi connectivity index (χ1v) is 9.17. The molecule has 3 N–H and O–H groups in total. The second-order valence-electron chi connectivity index (χ2n) is 6.15. The standard InChI is InChI=1S/C22H20ClN3O3/c1-28-21-11-15(13-25-26-22(27)17-5-3-7-19(24)12-17)8-9-20(21)29-14-16-4-2-6-18(23)10-16/h2-13H,14,24H2,1H3,(H,26,27)/b25-13-. The summed E-state index contributed by atoms with van der Waals surface area (Å²) >= 11 is 5.99. The van der Waals surface area contributed by atoms with Gasteiger partial charge in [-0.25, -0.2) is 5.43 Å². The molecule has 0 heterocycles. The van der Waals surface area contributed by atoms with E-state index in [1.54, 1.807) is 43.5 Å². The van der Waals surface area contributed by atoms with E-state index in [2.05, 4.69) is 10.5 Å². The summed E-state index contributed by atoms with van der Waals surface area (Å²) in [6, 6.07) is 19.5. The van der Waals surface area contributed by atoms with Crippen molar-refractivity contribution in [2.24, 2.45) is 5.10 Å². The number of nitrogens with one attached hydrogen (secondary N) is 1. The molecule has 0 aliphatic carbocycles. The van der Waals surface area contributed by atoms with E-state index in [1.165, 1.54) is 6.21 Å². The van der Waals surface area contributed by atoms with E-state index in [0.717, 1.165) is 11.1 Å². The lowest BCUT2D eigenvalue weighted by molar-refractivity contribution is 0.0955. The maximum Gasteiger partial charge on any atom is 0.271 e. The van der Waals surface area contributed by atoms with Gasteiger partial charge in [0.15, 0.2) is 11.5 Å². The summed E-state index contributed by atoms with van der Waals surface area (Å²) in [7, 11) is 1.56. The van der Waals surface area contributed by atoms with Crippen LogP contribution in [0.25, 0.3) is 0 Å². The molecule has 0 radical (unpaired) electrons. The lowest BCUT2D eigenvalue weighted by Gasteiger charge is -2.11. The third-order valence-corrected chi connectivity index (χ3v) is 4.23. The molecule has 3 rings (SSSR count). The van der Waals surface area contributed by atoms with Crippen LogP contribution in [0.4, 0.5) is 5.69 Å². The second-order valence-corrected chi connectivity index (χ2v) is 6.59. The quantitative estimate of drug-likeness (QED) is 0.346. The summed E-state index contributed by atoms with van der Waals surface area (Å²) in [6.07, 6.45) is 1.52. The van der Waals surface area contributed by atoms with Crippen molar-refractivity contribution >= 4 is 29.4 Å². The summed E-state index contributed by atoms with van der Waals surface area (Å²) < 4.78 is 11.2. The molecular weight excluding hydrogens is 390 g/mol. The Hall–Kier alpha value is -3.51. The number of anilines is 1. The minimum atomic E-state index is -0.345. The summed E-state index contributed by atoms with van der Waals surface area (Å²) in [6.45, 7) is 0.362. The van der Waals surface area contributed by atoms with Gasteiger partial charge in [0.25, 0.3) is 5.91 Å². The number of nitrogen functional groups attached to an aromatic ring is 1. The monoisotopic (exact) mass is 409 g/mol. The highest BCUT2D eigenvalue weighted by molar-refractivity contribution is 6.30. The first kappa shape index (κ1) is 20.2. The summed E-state index contributed by atoms with van der Waals surface area (Å²) in [5, 5.41) is 4.64. The molecule has 0 saturated carbocycles. The Bertz CT molecular complexity index is 1040. The normalized spacial score (nSPS) is 10.7. The molecule has 0 atom stereocenters. The van der Waals surface area contributed by atoms with Crippen LogP contribution in [-0.2, 0) is 6.61 Å². The van der Waals surface area contributed by atoms with Gasteiger partial charge in [-0.3, -0.25) is 4.79 Å². The van der Waals surface area contributed by atoms with E-state index >= 15 is 0 Å². The topological polar surface area (TPSA) is 85.9 Å². The molecule has 0 aromatic heterocycles. The second kappa shape index (κ2) is 9.61. The Morgan fingerprint density at radius 1 is 1.10 bits per heavy atom. The molecule has 148 valence electrons. The average molecular weight is 410 g/mol. The van der Waals surface area contributed by atoms with Crippen molar-refractivity contribution in [1.29, 1.82) is 0 Å². The lowest BCUT2D eigenvalue weighted by atomic mass is 10.2. The fourth-order valence-corrected chi connectivity index (χ4v) is 2.79. The minimum absolute atomic E-state index is 0.345. The number of ether oxygens (including phenoxy) is 2. The van der Waals surface area contributed by atoms with Crippen molar-refractivity contribution in [3.63, 3.8) is 0 Å². The van der Waals surface area contributed by atoms with Gasteiger partial charge in [-0.1, -0.05) is 29.8 Å². The molecule has 3 aromatic carbocycles. The van der Waals surface area contributed by atoms with Gasteiger partial charge in [-0.2, -0.15) is 5.10 Å². The number of rotatable bonds is 7. The van der Waals surface area contributed by atoms with Crippen LogP contribution in [0.15, 0.2) is 71.8 Å². The SMILES string of the molecule is COc1cc(/C=N\NC(=O)c2cccc(N)c2)ccc1OCc1cccc(Cl)c1. The van der Waals surface area contributed by atoms with E-state index in [1.807, 2.05) is 30.3 Å². The van der Waals surface area contributed by atoms with Gasteiger partial charge < -0.3 is 15.2 Å². The highest BCUT2D eigenvalue weighted by Crippen LogP contribution is 2.28. The molecule has 0 aliphatic heterocycles. The third kappa shape index (κ3) is 5.73. The van der Waals surface area contributed by atoms with E-state index in [-0.39, 0.29) is 5.91 Å². The van der Waals surface area contributed by atoms with Crippen LogP contribution in [0.3, 0.4) is 0 Å². The number of halogens is 1. The van der Waals surface area contributed by atoms with Crippen molar-refractivity contribution in [1.82, 2.24) is 5.43 Å². The minimum Gasteiger partial charge on any atom is -0.493 e. The molecule has 3 aromatic rings. The highest BCUT2D eigenvalue weighted by Gasteiger charge is 2.07. The van der Waals surface area contributed by atoms with E-state index in [4.69, 9.17) is 26.8 Å². The fraction of sp³-hybridized carbons (Fsp3) is 0.0909.